The van der Waals surface area contributed by atoms with E-state index in [0.717, 1.165) is 12.8 Å². The van der Waals surface area contributed by atoms with Gasteiger partial charge in [0, 0.05) is 6.42 Å². The molecule has 0 radical (unpaired) electrons. The number of hydrogen-bond acceptors (Lipinski definition) is 3. The van der Waals surface area contributed by atoms with Crippen molar-refractivity contribution in [2.75, 3.05) is 6.54 Å². The predicted molar refractivity (Wildman–Crippen MR) is 40.3 cm³/mol. The fourth-order valence-electron chi connectivity index (χ4n) is 1.04. The first-order valence-corrected chi connectivity index (χ1v) is 3.76. The van der Waals surface area contributed by atoms with Gasteiger partial charge in [0.15, 0.2) is 6.29 Å². The van der Waals surface area contributed by atoms with Crippen LogP contribution in [0, 0.1) is 5.92 Å². The van der Waals surface area contributed by atoms with Crippen LogP contribution in [0.1, 0.15) is 26.2 Å². The second-order valence-corrected chi connectivity index (χ2v) is 2.61. The molecule has 0 aromatic carbocycles. The van der Waals surface area contributed by atoms with Gasteiger partial charge in [-0.25, -0.2) is 0 Å². The van der Waals surface area contributed by atoms with Crippen molar-refractivity contribution >= 4 is 0 Å². The molecule has 0 fully saturated rings. The van der Waals surface area contributed by atoms with Crippen molar-refractivity contribution in [2.45, 2.75) is 32.5 Å². The highest BCUT2D eigenvalue weighted by Gasteiger charge is 2.08. The van der Waals surface area contributed by atoms with Crippen molar-refractivity contribution in [2.24, 2.45) is 11.7 Å². The summed E-state index contributed by atoms with van der Waals surface area (Å²) in [6.07, 6.45) is 1.24. The van der Waals surface area contributed by atoms with Gasteiger partial charge < -0.3 is 15.9 Å². The van der Waals surface area contributed by atoms with E-state index < -0.39 is 6.29 Å². The molecule has 0 bridgehead atoms. The minimum Gasteiger partial charge on any atom is -0.368 e. The molecule has 0 aromatic heterocycles. The third-order valence-electron chi connectivity index (χ3n) is 1.57. The predicted octanol–water partition coefficient (Wildman–Crippen LogP) is 0.0622. The van der Waals surface area contributed by atoms with E-state index in [2.05, 4.69) is 6.92 Å². The highest BCUT2D eigenvalue weighted by molar-refractivity contribution is 4.59. The lowest BCUT2D eigenvalue weighted by Gasteiger charge is -2.13. The molecule has 0 aliphatic rings. The van der Waals surface area contributed by atoms with Crippen molar-refractivity contribution in [3.8, 4) is 0 Å². The van der Waals surface area contributed by atoms with Crippen LogP contribution in [0.15, 0.2) is 0 Å². The Morgan fingerprint density at radius 1 is 1.40 bits per heavy atom. The lowest BCUT2D eigenvalue weighted by molar-refractivity contribution is -0.0558. The van der Waals surface area contributed by atoms with Crippen molar-refractivity contribution in [3.63, 3.8) is 0 Å². The summed E-state index contributed by atoms with van der Waals surface area (Å²) in [4.78, 5) is 0. The van der Waals surface area contributed by atoms with E-state index in [1.54, 1.807) is 0 Å². The van der Waals surface area contributed by atoms with E-state index in [4.69, 9.17) is 15.9 Å². The zero-order valence-corrected chi connectivity index (χ0v) is 6.45. The summed E-state index contributed by atoms with van der Waals surface area (Å²) in [7, 11) is 0. The molecule has 1 atom stereocenters. The summed E-state index contributed by atoms with van der Waals surface area (Å²) in [6.45, 7) is 2.61. The van der Waals surface area contributed by atoms with Gasteiger partial charge in [-0.15, -0.1) is 0 Å². The molecule has 0 heterocycles. The molecule has 0 aliphatic carbocycles. The molecule has 62 valence electrons. The lowest BCUT2D eigenvalue weighted by atomic mass is 10.00. The standard InChI is InChI=1S/C7H17NO2/c1-2-3-6(5-8)4-7(9)10/h6-7,9-10H,2-5,8H2,1H3. The molecular weight excluding hydrogens is 130 g/mol. The van der Waals surface area contributed by atoms with Gasteiger partial charge >= 0.3 is 0 Å². The summed E-state index contributed by atoms with van der Waals surface area (Å²) in [6, 6.07) is 0. The molecule has 0 aliphatic heterocycles. The van der Waals surface area contributed by atoms with Gasteiger partial charge in [-0.3, -0.25) is 0 Å². The minimum atomic E-state index is -1.19. The van der Waals surface area contributed by atoms with Gasteiger partial charge in [0.2, 0.25) is 0 Å². The normalized spacial score (nSPS) is 14.1. The molecule has 4 N–H and O–H groups in total. The fraction of sp³-hybridized carbons (Fsp3) is 1.00. The van der Waals surface area contributed by atoms with Gasteiger partial charge in [-0.05, 0) is 18.9 Å². The molecule has 0 rings (SSSR count). The quantitative estimate of drug-likeness (QED) is 0.482. The Morgan fingerprint density at radius 3 is 2.30 bits per heavy atom. The Hall–Kier alpha value is -0.120. The first-order chi connectivity index (χ1) is 4.70. The number of hydrogen-bond donors (Lipinski definition) is 3. The number of aliphatic hydroxyl groups is 2. The Kier molecular flexibility index (Phi) is 5.58. The second kappa shape index (κ2) is 5.65. The maximum Gasteiger partial charge on any atom is 0.151 e. The monoisotopic (exact) mass is 147 g/mol. The lowest BCUT2D eigenvalue weighted by Crippen LogP contribution is -2.20. The molecule has 0 aromatic rings. The Morgan fingerprint density at radius 2 is 2.00 bits per heavy atom. The van der Waals surface area contributed by atoms with E-state index in [9.17, 15) is 0 Å². The Labute approximate surface area is 61.9 Å². The van der Waals surface area contributed by atoms with Crippen LogP contribution in [0.3, 0.4) is 0 Å². The van der Waals surface area contributed by atoms with Crippen LogP contribution in [-0.4, -0.2) is 23.0 Å². The zero-order valence-electron chi connectivity index (χ0n) is 6.45. The largest absolute Gasteiger partial charge is 0.368 e. The van der Waals surface area contributed by atoms with E-state index in [-0.39, 0.29) is 5.92 Å². The molecule has 0 spiro atoms. The molecular formula is C7H17NO2. The number of nitrogens with two attached hydrogens (primary N) is 1. The molecule has 1 unspecified atom stereocenters. The van der Waals surface area contributed by atoms with Gasteiger partial charge in [-0.2, -0.15) is 0 Å². The van der Waals surface area contributed by atoms with Crippen molar-refractivity contribution in [1.29, 1.82) is 0 Å². The molecule has 3 nitrogen and oxygen atoms in total. The molecule has 0 amide bonds. The Balaban J connectivity index is 3.39. The third-order valence-corrected chi connectivity index (χ3v) is 1.57. The minimum absolute atomic E-state index is 0.269. The topological polar surface area (TPSA) is 66.5 Å². The van der Waals surface area contributed by atoms with Gasteiger partial charge in [-0.1, -0.05) is 13.3 Å². The maximum atomic E-state index is 8.58. The van der Waals surface area contributed by atoms with Crippen LogP contribution in [0.4, 0.5) is 0 Å². The van der Waals surface area contributed by atoms with E-state index in [1.807, 2.05) is 0 Å². The van der Waals surface area contributed by atoms with Gasteiger partial charge in [0.1, 0.15) is 0 Å². The average molecular weight is 147 g/mol. The maximum absolute atomic E-state index is 8.58. The first-order valence-electron chi connectivity index (χ1n) is 3.76. The van der Waals surface area contributed by atoms with Crippen molar-refractivity contribution < 1.29 is 10.2 Å². The molecule has 0 saturated carbocycles. The molecule has 0 saturated heterocycles. The van der Waals surface area contributed by atoms with Crippen LogP contribution in [0.25, 0.3) is 0 Å². The highest BCUT2D eigenvalue weighted by atomic mass is 16.5. The average Bonchev–Trinajstić information content (AvgIpc) is 1.86. The van der Waals surface area contributed by atoms with E-state index >= 15 is 0 Å². The smallest absolute Gasteiger partial charge is 0.151 e. The van der Waals surface area contributed by atoms with Crippen LogP contribution < -0.4 is 5.73 Å². The van der Waals surface area contributed by atoms with Gasteiger partial charge in [0.25, 0.3) is 0 Å². The number of rotatable bonds is 5. The highest BCUT2D eigenvalue weighted by Crippen LogP contribution is 2.10. The van der Waals surface area contributed by atoms with Crippen LogP contribution in [0.2, 0.25) is 0 Å². The summed E-state index contributed by atoms with van der Waals surface area (Å²) >= 11 is 0. The Bertz CT molecular complexity index is 76.0. The van der Waals surface area contributed by atoms with Crippen LogP contribution in [-0.2, 0) is 0 Å². The van der Waals surface area contributed by atoms with Crippen molar-refractivity contribution in [1.82, 2.24) is 0 Å². The second-order valence-electron chi connectivity index (χ2n) is 2.61. The summed E-state index contributed by atoms with van der Waals surface area (Å²) < 4.78 is 0. The number of aliphatic hydroxyl groups excluding tert-OH is 1. The summed E-state index contributed by atoms with van der Waals surface area (Å²) in [5, 5.41) is 17.2. The first kappa shape index (κ1) is 9.88. The van der Waals surface area contributed by atoms with Crippen LogP contribution in [0.5, 0.6) is 0 Å². The summed E-state index contributed by atoms with van der Waals surface area (Å²) in [5.74, 6) is 0.269. The molecule has 10 heavy (non-hydrogen) atoms. The van der Waals surface area contributed by atoms with Crippen LogP contribution >= 0.6 is 0 Å². The summed E-state index contributed by atoms with van der Waals surface area (Å²) in [5.41, 5.74) is 5.38. The fourth-order valence-corrected chi connectivity index (χ4v) is 1.04. The SMILES string of the molecule is CCCC(CN)CC(O)O. The van der Waals surface area contributed by atoms with Gasteiger partial charge in [0.05, 0.1) is 0 Å². The van der Waals surface area contributed by atoms with E-state index in [0.29, 0.717) is 13.0 Å². The van der Waals surface area contributed by atoms with Crippen molar-refractivity contribution in [3.05, 3.63) is 0 Å². The zero-order chi connectivity index (χ0) is 7.98. The third kappa shape index (κ3) is 4.73. The molecule has 3 heteroatoms. The van der Waals surface area contributed by atoms with E-state index in [1.165, 1.54) is 0 Å².